The van der Waals surface area contributed by atoms with E-state index < -0.39 is 0 Å². The molecular weight excluding hydrogens is 280 g/mol. The summed E-state index contributed by atoms with van der Waals surface area (Å²) in [5.74, 6) is 0.349. The monoisotopic (exact) mass is 308 g/mol. The van der Waals surface area contributed by atoms with Crippen LogP contribution in [0.5, 0.6) is 0 Å². The lowest BCUT2D eigenvalue weighted by molar-refractivity contribution is 0.816. The summed E-state index contributed by atoms with van der Waals surface area (Å²) < 4.78 is 0. The highest BCUT2D eigenvalue weighted by molar-refractivity contribution is 5.81. The molecule has 0 aliphatic carbocycles. The smallest absolute Gasteiger partial charge is 0.0509 e. The Balaban J connectivity index is 3.54. The molecule has 1 aromatic heterocycles. The van der Waals surface area contributed by atoms with Gasteiger partial charge in [0.15, 0.2) is 0 Å². The van der Waals surface area contributed by atoms with E-state index in [9.17, 15) is 0 Å². The van der Waals surface area contributed by atoms with Crippen molar-refractivity contribution in [3.63, 3.8) is 0 Å². The molecule has 0 saturated heterocycles. The number of allylic oxidation sites excluding steroid dienone is 5. The molecule has 0 radical (unpaired) electrons. The number of nitrogens with zero attached hydrogens (tertiary/aromatic N) is 2. The maximum absolute atomic E-state index is 4.58. The van der Waals surface area contributed by atoms with Crippen LogP contribution in [0.2, 0.25) is 0 Å². The molecule has 2 nitrogen and oxygen atoms in total. The first-order valence-corrected chi connectivity index (χ1v) is 7.95. The Kier molecular flexibility index (Phi) is 6.89. The fourth-order valence-corrected chi connectivity index (χ4v) is 2.26. The molecule has 122 valence electrons. The van der Waals surface area contributed by atoms with Crippen molar-refractivity contribution in [3.05, 3.63) is 71.7 Å². The number of aromatic nitrogens is 1. The molecule has 0 spiro atoms. The van der Waals surface area contributed by atoms with Crippen LogP contribution in [0.1, 0.15) is 57.4 Å². The van der Waals surface area contributed by atoms with Gasteiger partial charge in [0, 0.05) is 23.7 Å². The quantitative estimate of drug-likeness (QED) is 0.465. The van der Waals surface area contributed by atoms with Gasteiger partial charge in [-0.1, -0.05) is 33.1 Å². The van der Waals surface area contributed by atoms with Crippen LogP contribution in [0.3, 0.4) is 0 Å². The van der Waals surface area contributed by atoms with Gasteiger partial charge < -0.3 is 0 Å². The number of pyridine rings is 1. The maximum atomic E-state index is 4.58. The predicted octanol–water partition coefficient (Wildman–Crippen LogP) is 6.02. The molecule has 0 amide bonds. The summed E-state index contributed by atoms with van der Waals surface area (Å²) in [6.45, 7) is 20.4. The Hall–Kier alpha value is -2.22. The second-order valence-electron chi connectivity index (χ2n) is 6.29. The van der Waals surface area contributed by atoms with Crippen molar-refractivity contribution in [1.29, 1.82) is 0 Å². The van der Waals surface area contributed by atoms with Crippen LogP contribution in [0.25, 0.3) is 5.57 Å². The molecule has 0 N–H and O–H groups in total. The van der Waals surface area contributed by atoms with Crippen molar-refractivity contribution in [3.8, 4) is 0 Å². The zero-order valence-electron chi connectivity index (χ0n) is 15.3. The van der Waals surface area contributed by atoms with E-state index in [1.807, 2.05) is 45.3 Å². The second-order valence-corrected chi connectivity index (χ2v) is 6.29. The third kappa shape index (κ3) is 5.17. The fraction of sp³-hybridized carbons (Fsp3) is 0.333. The number of rotatable bonds is 6. The van der Waals surface area contributed by atoms with Gasteiger partial charge in [-0.25, -0.2) is 0 Å². The lowest BCUT2D eigenvalue weighted by Gasteiger charge is -2.16. The molecule has 0 aliphatic heterocycles. The maximum Gasteiger partial charge on any atom is 0.0509 e. The summed E-state index contributed by atoms with van der Waals surface area (Å²) in [4.78, 5) is 8.98. The average Bonchev–Trinajstić information content (AvgIpc) is 2.47. The molecule has 2 heteroatoms. The molecule has 0 aliphatic rings. The molecule has 1 heterocycles. The third-order valence-corrected chi connectivity index (χ3v) is 3.51. The molecule has 0 aromatic carbocycles. The second kappa shape index (κ2) is 8.42. The Morgan fingerprint density at radius 3 is 2.39 bits per heavy atom. The molecule has 0 fully saturated rings. The lowest BCUT2D eigenvalue weighted by atomic mass is 9.92. The summed E-state index contributed by atoms with van der Waals surface area (Å²) in [5.41, 5.74) is 7.48. The van der Waals surface area contributed by atoms with Crippen molar-refractivity contribution in [1.82, 2.24) is 4.98 Å². The summed E-state index contributed by atoms with van der Waals surface area (Å²) in [6, 6.07) is 2.04. The van der Waals surface area contributed by atoms with E-state index in [1.54, 1.807) is 0 Å². The summed E-state index contributed by atoms with van der Waals surface area (Å²) >= 11 is 0. The Morgan fingerprint density at radius 1 is 1.26 bits per heavy atom. The third-order valence-electron chi connectivity index (χ3n) is 3.51. The van der Waals surface area contributed by atoms with Gasteiger partial charge in [-0.05, 0) is 68.0 Å². The van der Waals surface area contributed by atoms with Gasteiger partial charge >= 0.3 is 0 Å². The molecule has 0 unspecified atom stereocenters. The Labute approximate surface area is 141 Å². The van der Waals surface area contributed by atoms with Gasteiger partial charge in [0.05, 0.1) is 5.69 Å². The minimum atomic E-state index is 0.349. The summed E-state index contributed by atoms with van der Waals surface area (Å²) in [7, 11) is 0. The number of aliphatic imine (C=N–C) groups is 1. The lowest BCUT2D eigenvalue weighted by Crippen LogP contribution is -2.01. The molecule has 0 atom stereocenters. The minimum absolute atomic E-state index is 0.349. The first kappa shape index (κ1) is 18.8. The highest BCUT2D eigenvalue weighted by Crippen LogP contribution is 2.29. The minimum Gasteiger partial charge on any atom is -0.266 e. The van der Waals surface area contributed by atoms with Crippen LogP contribution < -0.4 is 0 Å². The molecular formula is C21H28N2. The SMILES string of the molecule is C=C/C(=C\C(=C\N=C(C)C)C(=C)C)c1c(C)ccnc1C(C)C. The highest BCUT2D eigenvalue weighted by Gasteiger charge is 2.13. The first-order chi connectivity index (χ1) is 10.8. The van der Waals surface area contributed by atoms with Crippen molar-refractivity contribution in [2.75, 3.05) is 0 Å². The molecule has 0 bridgehead atoms. The van der Waals surface area contributed by atoms with Crippen molar-refractivity contribution in [2.45, 2.75) is 47.5 Å². The predicted molar refractivity (Wildman–Crippen MR) is 103 cm³/mol. The van der Waals surface area contributed by atoms with E-state index >= 15 is 0 Å². The van der Waals surface area contributed by atoms with Gasteiger partial charge in [-0.3, -0.25) is 9.98 Å². The van der Waals surface area contributed by atoms with E-state index in [4.69, 9.17) is 0 Å². The molecule has 23 heavy (non-hydrogen) atoms. The van der Waals surface area contributed by atoms with Crippen LogP contribution >= 0.6 is 0 Å². The number of hydrogen-bond acceptors (Lipinski definition) is 2. The van der Waals surface area contributed by atoms with Crippen molar-refractivity contribution >= 4 is 11.3 Å². The number of hydrogen-bond donors (Lipinski definition) is 0. The Morgan fingerprint density at radius 2 is 1.91 bits per heavy atom. The van der Waals surface area contributed by atoms with Crippen molar-refractivity contribution in [2.24, 2.45) is 4.99 Å². The van der Waals surface area contributed by atoms with Crippen molar-refractivity contribution < 1.29 is 0 Å². The standard InChI is InChI=1S/C21H28N2/c1-9-18(12-19(14(2)3)13-23-16(6)7)20-17(8)10-11-22-21(20)15(4)5/h9-13,15H,1-2H2,3-8H3/b18-12+,19-13-. The highest BCUT2D eigenvalue weighted by atomic mass is 14.7. The normalized spacial score (nSPS) is 12.3. The first-order valence-electron chi connectivity index (χ1n) is 7.95. The van der Waals surface area contributed by atoms with Gasteiger partial charge in [0.25, 0.3) is 0 Å². The fourth-order valence-electron chi connectivity index (χ4n) is 2.26. The van der Waals surface area contributed by atoms with Gasteiger partial charge in [0.1, 0.15) is 0 Å². The number of aryl methyl sites for hydroxylation is 1. The summed E-state index contributed by atoms with van der Waals surface area (Å²) in [5, 5.41) is 0. The average molecular weight is 308 g/mol. The molecule has 0 saturated carbocycles. The zero-order chi connectivity index (χ0) is 17.6. The summed E-state index contributed by atoms with van der Waals surface area (Å²) in [6.07, 6.45) is 7.71. The van der Waals surface area contributed by atoms with Crippen LogP contribution in [-0.2, 0) is 0 Å². The van der Waals surface area contributed by atoms with E-state index in [1.165, 1.54) is 5.56 Å². The topological polar surface area (TPSA) is 25.2 Å². The molecule has 1 rings (SSSR count). The van der Waals surface area contributed by atoms with Crippen LogP contribution in [-0.4, -0.2) is 10.7 Å². The van der Waals surface area contributed by atoms with E-state index in [-0.39, 0.29) is 0 Å². The Bertz CT molecular complexity index is 682. The van der Waals surface area contributed by atoms with Crippen LogP contribution in [0.4, 0.5) is 0 Å². The van der Waals surface area contributed by atoms with Gasteiger partial charge in [-0.15, -0.1) is 0 Å². The van der Waals surface area contributed by atoms with Crippen LogP contribution in [0, 0.1) is 6.92 Å². The van der Waals surface area contributed by atoms with E-state index in [0.29, 0.717) is 5.92 Å². The van der Waals surface area contributed by atoms with Gasteiger partial charge in [0.2, 0.25) is 0 Å². The van der Waals surface area contributed by atoms with E-state index in [2.05, 4.69) is 50.0 Å². The van der Waals surface area contributed by atoms with Crippen LogP contribution in [0.15, 0.2) is 59.9 Å². The zero-order valence-corrected chi connectivity index (χ0v) is 15.3. The van der Waals surface area contributed by atoms with E-state index in [0.717, 1.165) is 33.7 Å². The molecule has 1 aromatic rings. The largest absolute Gasteiger partial charge is 0.266 e. The van der Waals surface area contributed by atoms with Gasteiger partial charge in [-0.2, -0.15) is 0 Å².